The highest BCUT2D eigenvalue weighted by atomic mass is 32.1. The molecule has 4 nitrogen and oxygen atoms in total. The van der Waals surface area contributed by atoms with E-state index < -0.39 is 11.7 Å². The Morgan fingerprint density at radius 1 is 1.00 bits per heavy atom. The third-order valence-electron chi connectivity index (χ3n) is 4.83. The predicted molar refractivity (Wildman–Crippen MR) is 106 cm³/mol. The number of thiazole rings is 1. The fourth-order valence-electron chi connectivity index (χ4n) is 3.30. The third kappa shape index (κ3) is 4.27. The van der Waals surface area contributed by atoms with E-state index in [9.17, 15) is 18.0 Å². The maximum Gasteiger partial charge on any atom is 0.416 e. The van der Waals surface area contributed by atoms with Crippen molar-refractivity contribution < 1.29 is 18.0 Å². The van der Waals surface area contributed by atoms with E-state index >= 15 is 0 Å². The van der Waals surface area contributed by atoms with E-state index in [1.165, 1.54) is 17.4 Å². The Morgan fingerprint density at radius 2 is 1.72 bits per heavy atom. The summed E-state index contributed by atoms with van der Waals surface area (Å²) in [6.07, 6.45) is -0.549. The van der Waals surface area contributed by atoms with Crippen molar-refractivity contribution in [2.24, 2.45) is 4.99 Å². The van der Waals surface area contributed by atoms with Gasteiger partial charge in [-0.05, 0) is 48.2 Å². The number of carbonyl (C=O) groups is 1. The molecule has 150 valence electrons. The molecule has 0 saturated carbocycles. The van der Waals surface area contributed by atoms with Crippen molar-refractivity contribution in [3.8, 4) is 16.8 Å². The molecule has 29 heavy (non-hydrogen) atoms. The minimum atomic E-state index is -4.37. The minimum absolute atomic E-state index is 0.237. The lowest BCUT2D eigenvalue weighted by molar-refractivity contribution is -0.137. The molecule has 2 amide bonds. The molecule has 0 atom stereocenters. The Hall–Kier alpha value is -2.87. The summed E-state index contributed by atoms with van der Waals surface area (Å²) in [7, 11) is 0. The van der Waals surface area contributed by atoms with Crippen LogP contribution in [-0.2, 0) is 6.18 Å². The lowest BCUT2D eigenvalue weighted by Crippen LogP contribution is -2.27. The van der Waals surface area contributed by atoms with E-state index in [2.05, 4.69) is 4.99 Å². The maximum atomic E-state index is 13.0. The molecular weight excluding hydrogens is 399 g/mol. The van der Waals surface area contributed by atoms with Crippen molar-refractivity contribution in [2.45, 2.75) is 19.0 Å². The first-order valence-corrected chi connectivity index (χ1v) is 10.1. The Kier molecular flexibility index (Phi) is 5.27. The molecule has 2 heterocycles. The van der Waals surface area contributed by atoms with E-state index in [-0.39, 0.29) is 6.03 Å². The molecule has 1 aliphatic heterocycles. The van der Waals surface area contributed by atoms with Crippen LogP contribution in [0.5, 0.6) is 0 Å². The molecule has 2 aromatic carbocycles. The van der Waals surface area contributed by atoms with Gasteiger partial charge < -0.3 is 4.90 Å². The molecule has 1 aliphatic rings. The largest absolute Gasteiger partial charge is 0.416 e. The molecule has 0 unspecified atom stereocenters. The van der Waals surface area contributed by atoms with Crippen LogP contribution in [0.4, 0.5) is 18.0 Å². The topological polar surface area (TPSA) is 37.6 Å². The van der Waals surface area contributed by atoms with Gasteiger partial charge in [-0.15, -0.1) is 11.3 Å². The zero-order chi connectivity index (χ0) is 20.4. The van der Waals surface area contributed by atoms with Crippen molar-refractivity contribution in [3.05, 3.63) is 70.5 Å². The van der Waals surface area contributed by atoms with E-state index in [0.717, 1.165) is 43.8 Å². The van der Waals surface area contributed by atoms with Gasteiger partial charge in [0.2, 0.25) is 0 Å². The Bertz CT molecular complexity index is 1080. The van der Waals surface area contributed by atoms with E-state index in [0.29, 0.717) is 15.9 Å². The Balaban J connectivity index is 1.61. The number of halogens is 3. The van der Waals surface area contributed by atoms with Crippen LogP contribution in [0.15, 0.2) is 65.1 Å². The summed E-state index contributed by atoms with van der Waals surface area (Å²) in [5.74, 6) is 0. The van der Waals surface area contributed by atoms with Crippen molar-refractivity contribution >= 4 is 17.4 Å². The van der Waals surface area contributed by atoms with E-state index in [4.69, 9.17) is 0 Å². The van der Waals surface area contributed by atoms with Crippen molar-refractivity contribution in [2.75, 3.05) is 13.1 Å². The van der Waals surface area contributed by atoms with Crippen LogP contribution in [0, 0.1) is 0 Å². The quantitative estimate of drug-likeness (QED) is 0.555. The molecule has 3 aromatic rings. The average molecular weight is 417 g/mol. The number of likely N-dealkylation sites (tertiary alicyclic amines) is 1. The molecule has 0 spiro atoms. The first kappa shape index (κ1) is 19.4. The molecule has 1 fully saturated rings. The summed E-state index contributed by atoms with van der Waals surface area (Å²) in [5.41, 5.74) is 1.29. The minimum Gasteiger partial charge on any atom is -0.323 e. The predicted octanol–water partition coefficient (Wildman–Crippen LogP) is 5.34. The fourth-order valence-corrected chi connectivity index (χ4v) is 4.01. The number of hydrogen-bond acceptors (Lipinski definition) is 2. The number of hydrogen-bond donors (Lipinski definition) is 0. The van der Waals surface area contributed by atoms with Gasteiger partial charge in [0, 0.05) is 30.4 Å². The molecule has 0 bridgehead atoms. The Labute approximate surface area is 169 Å². The van der Waals surface area contributed by atoms with Crippen LogP contribution >= 0.6 is 11.3 Å². The van der Waals surface area contributed by atoms with Gasteiger partial charge in [-0.3, -0.25) is 4.57 Å². The Morgan fingerprint density at radius 3 is 2.41 bits per heavy atom. The fraction of sp³-hybridized carbons (Fsp3) is 0.238. The standard InChI is InChI=1S/C21H18F3N3OS/c22-21(23,24)17-5-3-4-16(14-17)15-6-8-18(9-7-15)27-12-13-29-20(27)25-19(28)26-10-1-2-11-26/h3-9,12-14H,1-2,10-11H2/b25-20-. The second kappa shape index (κ2) is 7.87. The normalized spacial score (nSPS) is 15.1. The summed E-state index contributed by atoms with van der Waals surface area (Å²) in [6.45, 7) is 1.47. The van der Waals surface area contributed by atoms with Crippen LogP contribution in [0.25, 0.3) is 16.8 Å². The number of urea groups is 1. The number of nitrogens with zero attached hydrogens (tertiary/aromatic N) is 3. The zero-order valence-electron chi connectivity index (χ0n) is 15.4. The summed E-state index contributed by atoms with van der Waals surface area (Å²) >= 11 is 1.36. The van der Waals surface area contributed by atoms with Crippen LogP contribution in [0.1, 0.15) is 18.4 Å². The molecule has 8 heteroatoms. The number of amides is 2. The first-order chi connectivity index (χ1) is 13.9. The van der Waals surface area contributed by atoms with Crippen molar-refractivity contribution in [1.82, 2.24) is 9.47 Å². The molecular formula is C21H18F3N3OS. The molecule has 0 radical (unpaired) electrons. The van der Waals surface area contributed by atoms with Crippen molar-refractivity contribution in [3.63, 3.8) is 0 Å². The second-order valence-corrected chi connectivity index (χ2v) is 7.64. The second-order valence-electron chi connectivity index (χ2n) is 6.77. The monoisotopic (exact) mass is 417 g/mol. The van der Waals surface area contributed by atoms with Crippen LogP contribution in [-0.4, -0.2) is 28.6 Å². The van der Waals surface area contributed by atoms with Gasteiger partial charge >= 0.3 is 12.2 Å². The van der Waals surface area contributed by atoms with Crippen LogP contribution < -0.4 is 4.80 Å². The van der Waals surface area contributed by atoms with Gasteiger partial charge in [0.25, 0.3) is 0 Å². The van der Waals surface area contributed by atoms with E-state index in [1.807, 2.05) is 23.7 Å². The molecule has 1 saturated heterocycles. The smallest absolute Gasteiger partial charge is 0.323 e. The lowest BCUT2D eigenvalue weighted by Gasteiger charge is -2.11. The number of benzene rings is 2. The van der Waals surface area contributed by atoms with E-state index in [1.54, 1.807) is 27.7 Å². The van der Waals surface area contributed by atoms with Gasteiger partial charge in [0.1, 0.15) is 0 Å². The average Bonchev–Trinajstić information content (AvgIpc) is 3.40. The zero-order valence-corrected chi connectivity index (χ0v) is 16.2. The molecule has 0 aliphatic carbocycles. The van der Waals surface area contributed by atoms with Gasteiger partial charge in [-0.2, -0.15) is 18.2 Å². The van der Waals surface area contributed by atoms with Gasteiger partial charge in [0.05, 0.1) is 5.56 Å². The van der Waals surface area contributed by atoms with Crippen LogP contribution in [0.3, 0.4) is 0 Å². The summed E-state index contributed by atoms with van der Waals surface area (Å²) in [6, 6.07) is 12.2. The number of carbonyl (C=O) groups excluding carboxylic acids is 1. The third-order valence-corrected chi connectivity index (χ3v) is 5.58. The lowest BCUT2D eigenvalue weighted by atomic mass is 10.0. The van der Waals surface area contributed by atoms with Gasteiger partial charge in [-0.1, -0.05) is 24.3 Å². The maximum absolute atomic E-state index is 13.0. The highest BCUT2D eigenvalue weighted by molar-refractivity contribution is 7.07. The first-order valence-electron chi connectivity index (χ1n) is 9.20. The SMILES string of the molecule is O=C(/N=c1\sccn1-c1ccc(-c2cccc(C(F)(F)F)c2)cc1)N1CCCC1. The number of alkyl halides is 3. The molecule has 0 N–H and O–H groups in total. The van der Waals surface area contributed by atoms with Crippen LogP contribution in [0.2, 0.25) is 0 Å². The van der Waals surface area contributed by atoms with Gasteiger partial charge in [0.15, 0.2) is 4.80 Å². The number of rotatable bonds is 2. The number of aromatic nitrogens is 1. The van der Waals surface area contributed by atoms with Gasteiger partial charge in [-0.25, -0.2) is 4.79 Å². The summed E-state index contributed by atoms with van der Waals surface area (Å²) < 4.78 is 40.7. The highest BCUT2D eigenvalue weighted by Gasteiger charge is 2.30. The summed E-state index contributed by atoms with van der Waals surface area (Å²) in [5, 5.41) is 1.84. The highest BCUT2D eigenvalue weighted by Crippen LogP contribution is 2.32. The molecule has 4 rings (SSSR count). The summed E-state index contributed by atoms with van der Waals surface area (Å²) in [4.78, 5) is 18.8. The molecule has 1 aromatic heterocycles. The van der Waals surface area contributed by atoms with Crippen molar-refractivity contribution in [1.29, 1.82) is 0 Å².